The maximum absolute atomic E-state index is 13.2. The first kappa shape index (κ1) is 26.9. The number of halogens is 1. The molecule has 1 aliphatic carbocycles. The second-order valence-electron chi connectivity index (χ2n) is 9.93. The van der Waals surface area contributed by atoms with Gasteiger partial charge in [0.25, 0.3) is 0 Å². The molecule has 198 valence electrons. The lowest BCUT2D eigenvalue weighted by atomic mass is 9.85. The van der Waals surface area contributed by atoms with Gasteiger partial charge < -0.3 is 21.3 Å². The average molecular weight is 515 g/mol. The van der Waals surface area contributed by atoms with Crippen molar-refractivity contribution in [1.29, 1.82) is 0 Å². The minimum atomic E-state index is -0.295. The number of aryl methyl sites for hydroxylation is 1. The number of amides is 3. The molecule has 4 rings (SSSR count). The highest BCUT2D eigenvalue weighted by atomic mass is 19.1. The summed E-state index contributed by atoms with van der Waals surface area (Å²) in [6, 6.07) is 21.4. The van der Waals surface area contributed by atoms with Gasteiger partial charge in [0.1, 0.15) is 5.82 Å². The van der Waals surface area contributed by atoms with E-state index in [1.54, 1.807) is 12.1 Å². The van der Waals surface area contributed by atoms with Crippen LogP contribution in [0.3, 0.4) is 0 Å². The van der Waals surface area contributed by atoms with Gasteiger partial charge in [-0.1, -0.05) is 49.0 Å². The third-order valence-corrected chi connectivity index (χ3v) is 7.05. The first-order valence-corrected chi connectivity index (χ1v) is 13.0. The van der Waals surface area contributed by atoms with E-state index in [9.17, 15) is 14.0 Å². The van der Waals surface area contributed by atoms with Crippen LogP contribution in [0.25, 0.3) is 5.70 Å². The predicted molar refractivity (Wildman–Crippen MR) is 151 cm³/mol. The quantitative estimate of drug-likeness (QED) is 0.268. The van der Waals surface area contributed by atoms with E-state index in [0.29, 0.717) is 18.5 Å². The number of benzene rings is 3. The van der Waals surface area contributed by atoms with Crippen LogP contribution in [0.15, 0.2) is 79.4 Å². The van der Waals surface area contributed by atoms with Crippen molar-refractivity contribution >= 4 is 29.0 Å². The Morgan fingerprint density at radius 2 is 1.61 bits per heavy atom. The molecule has 1 atom stereocenters. The molecular formula is C31H35FN4O2. The van der Waals surface area contributed by atoms with Crippen LogP contribution in [0.2, 0.25) is 0 Å². The first-order chi connectivity index (χ1) is 18.3. The molecule has 1 saturated carbocycles. The van der Waals surface area contributed by atoms with E-state index in [4.69, 9.17) is 0 Å². The molecule has 3 amide bonds. The van der Waals surface area contributed by atoms with E-state index in [2.05, 4.69) is 27.8 Å². The Morgan fingerprint density at radius 1 is 0.921 bits per heavy atom. The molecule has 1 fully saturated rings. The number of anilines is 2. The number of carbonyl (C=O) groups excluding carboxylic acids is 2. The maximum Gasteiger partial charge on any atom is 0.319 e. The van der Waals surface area contributed by atoms with Crippen LogP contribution in [0, 0.1) is 18.7 Å². The summed E-state index contributed by atoms with van der Waals surface area (Å²) in [5, 5.41) is 12.3. The summed E-state index contributed by atoms with van der Waals surface area (Å²) < 4.78 is 13.2. The molecule has 0 bridgehead atoms. The Kier molecular flexibility index (Phi) is 8.79. The minimum Gasteiger partial charge on any atom is -0.355 e. The fourth-order valence-electron chi connectivity index (χ4n) is 4.77. The fourth-order valence-corrected chi connectivity index (χ4v) is 4.77. The number of rotatable bonds is 8. The lowest BCUT2D eigenvalue weighted by Crippen LogP contribution is -2.42. The molecule has 0 aromatic heterocycles. The SMILES string of the molecule is C=C(Nc1ccc(NC(=O)NC2CCC(C(=O)N[C@H](C)c3ccc(F)cc3)CC2)cc1C)c1ccccc1. The second-order valence-corrected chi connectivity index (χ2v) is 9.93. The largest absolute Gasteiger partial charge is 0.355 e. The molecule has 6 nitrogen and oxygen atoms in total. The highest BCUT2D eigenvalue weighted by Crippen LogP contribution is 2.27. The monoisotopic (exact) mass is 514 g/mol. The standard InChI is InChI=1S/C31H35FN4O2/c1-20-19-28(17-18-29(20)33-21(2)23-7-5-4-6-8-23)36-31(38)35-27-15-11-25(12-16-27)30(37)34-22(3)24-9-13-26(32)14-10-24/h4-10,13-14,17-19,22,25,27,33H,2,11-12,15-16H2,1,3H3,(H,34,37)(H2,35,36,38)/t22-,25?,27?/m1/s1. The van der Waals surface area contributed by atoms with Crippen molar-refractivity contribution in [3.63, 3.8) is 0 Å². The zero-order valence-corrected chi connectivity index (χ0v) is 21.9. The third-order valence-electron chi connectivity index (χ3n) is 7.05. The summed E-state index contributed by atoms with van der Waals surface area (Å²) in [6.07, 6.45) is 2.88. The van der Waals surface area contributed by atoms with Gasteiger partial charge in [-0.2, -0.15) is 0 Å². The van der Waals surface area contributed by atoms with E-state index in [1.165, 1.54) is 12.1 Å². The van der Waals surface area contributed by atoms with Crippen molar-refractivity contribution < 1.29 is 14.0 Å². The van der Waals surface area contributed by atoms with Crippen molar-refractivity contribution in [3.05, 3.63) is 102 Å². The van der Waals surface area contributed by atoms with Crippen molar-refractivity contribution in [1.82, 2.24) is 10.6 Å². The van der Waals surface area contributed by atoms with Gasteiger partial charge in [0, 0.05) is 29.0 Å². The first-order valence-electron chi connectivity index (χ1n) is 13.0. The van der Waals surface area contributed by atoms with Gasteiger partial charge in [0.05, 0.1) is 6.04 Å². The molecule has 0 heterocycles. The maximum atomic E-state index is 13.2. The van der Waals surface area contributed by atoms with Crippen LogP contribution < -0.4 is 21.3 Å². The Labute approximate surface area is 223 Å². The van der Waals surface area contributed by atoms with Crippen LogP contribution in [0.1, 0.15) is 55.3 Å². The average Bonchev–Trinajstić information content (AvgIpc) is 2.91. The molecule has 0 radical (unpaired) electrons. The minimum absolute atomic E-state index is 0.00356. The van der Waals surface area contributed by atoms with Gasteiger partial charge >= 0.3 is 6.03 Å². The highest BCUT2D eigenvalue weighted by Gasteiger charge is 2.28. The number of urea groups is 1. The van der Waals surface area contributed by atoms with Gasteiger partial charge in [-0.15, -0.1) is 0 Å². The number of carbonyl (C=O) groups is 2. The summed E-state index contributed by atoms with van der Waals surface area (Å²) in [6.45, 7) is 7.99. The highest BCUT2D eigenvalue weighted by molar-refractivity contribution is 5.90. The molecule has 4 N–H and O–H groups in total. The Hall–Kier alpha value is -4.13. The van der Waals surface area contributed by atoms with E-state index in [-0.39, 0.29) is 35.8 Å². The molecule has 0 unspecified atom stereocenters. The van der Waals surface area contributed by atoms with Crippen LogP contribution in [0.4, 0.5) is 20.6 Å². The zero-order valence-electron chi connectivity index (χ0n) is 21.9. The summed E-state index contributed by atoms with van der Waals surface area (Å²) in [7, 11) is 0. The lowest BCUT2D eigenvalue weighted by molar-refractivity contribution is -0.126. The van der Waals surface area contributed by atoms with Gasteiger partial charge in [0.2, 0.25) is 5.91 Å². The fraction of sp³-hybridized carbons (Fsp3) is 0.290. The van der Waals surface area contributed by atoms with E-state index < -0.39 is 0 Å². The molecule has 3 aromatic rings. The topological polar surface area (TPSA) is 82.3 Å². The molecule has 38 heavy (non-hydrogen) atoms. The number of hydrogen-bond donors (Lipinski definition) is 4. The smallest absolute Gasteiger partial charge is 0.319 e. The van der Waals surface area contributed by atoms with Crippen molar-refractivity contribution in [2.45, 2.75) is 51.6 Å². The third kappa shape index (κ3) is 7.22. The van der Waals surface area contributed by atoms with Crippen LogP contribution in [0.5, 0.6) is 0 Å². The molecule has 1 aliphatic rings. The molecule has 3 aromatic carbocycles. The predicted octanol–water partition coefficient (Wildman–Crippen LogP) is 6.77. The number of nitrogens with one attached hydrogen (secondary N) is 4. The zero-order chi connectivity index (χ0) is 27.1. The summed E-state index contributed by atoms with van der Waals surface area (Å²) in [5.41, 5.74) is 5.31. The van der Waals surface area contributed by atoms with E-state index in [1.807, 2.05) is 62.4 Å². The lowest BCUT2D eigenvalue weighted by Gasteiger charge is -2.29. The Morgan fingerprint density at radius 3 is 2.26 bits per heavy atom. The molecule has 7 heteroatoms. The van der Waals surface area contributed by atoms with E-state index >= 15 is 0 Å². The molecular weight excluding hydrogens is 479 g/mol. The number of hydrogen-bond acceptors (Lipinski definition) is 3. The van der Waals surface area contributed by atoms with Crippen molar-refractivity contribution in [3.8, 4) is 0 Å². The summed E-state index contributed by atoms with van der Waals surface area (Å²) in [5.74, 6) is -0.382. The van der Waals surface area contributed by atoms with Gasteiger partial charge in [-0.05, 0) is 86.6 Å². The molecule has 0 aliphatic heterocycles. The van der Waals surface area contributed by atoms with Gasteiger partial charge in [-0.3, -0.25) is 4.79 Å². The van der Waals surface area contributed by atoms with Crippen LogP contribution >= 0.6 is 0 Å². The van der Waals surface area contributed by atoms with E-state index in [0.717, 1.165) is 40.9 Å². The Bertz CT molecular complexity index is 1270. The molecule has 0 spiro atoms. The summed E-state index contributed by atoms with van der Waals surface area (Å²) >= 11 is 0. The normalized spacial score (nSPS) is 17.7. The van der Waals surface area contributed by atoms with Gasteiger partial charge in [0.15, 0.2) is 0 Å². The Balaban J connectivity index is 1.22. The summed E-state index contributed by atoms with van der Waals surface area (Å²) in [4.78, 5) is 25.4. The van der Waals surface area contributed by atoms with Crippen LogP contribution in [-0.4, -0.2) is 18.0 Å². The van der Waals surface area contributed by atoms with Crippen molar-refractivity contribution in [2.75, 3.05) is 10.6 Å². The van der Waals surface area contributed by atoms with Gasteiger partial charge in [-0.25, -0.2) is 9.18 Å². The molecule has 0 saturated heterocycles. The second kappa shape index (κ2) is 12.4. The van der Waals surface area contributed by atoms with Crippen LogP contribution in [-0.2, 0) is 4.79 Å². The van der Waals surface area contributed by atoms with Crippen molar-refractivity contribution in [2.24, 2.45) is 5.92 Å².